The molecule has 1 rings (SSSR count). The Morgan fingerprint density at radius 2 is 2.11 bits per heavy atom. The Kier molecular flexibility index (Phi) is 7.15. The van der Waals surface area contributed by atoms with Crippen molar-refractivity contribution < 1.29 is 13.2 Å². The van der Waals surface area contributed by atoms with Crippen molar-refractivity contribution in [2.75, 3.05) is 19.6 Å². The summed E-state index contributed by atoms with van der Waals surface area (Å²) in [5.41, 5.74) is 0. The topological polar surface area (TPSA) is 15.3 Å². The number of halogens is 3. The van der Waals surface area contributed by atoms with Crippen LogP contribution in [0.5, 0.6) is 0 Å². The molecule has 0 bridgehead atoms. The molecule has 2 atom stereocenters. The molecule has 0 aromatic rings. The zero-order chi connectivity index (χ0) is 14.3. The van der Waals surface area contributed by atoms with E-state index in [0.717, 1.165) is 26.1 Å². The molecule has 0 radical (unpaired) electrons. The van der Waals surface area contributed by atoms with Crippen molar-refractivity contribution in [3.05, 3.63) is 0 Å². The third-order valence-corrected chi connectivity index (χ3v) is 3.83. The van der Waals surface area contributed by atoms with Gasteiger partial charge in [0, 0.05) is 25.0 Å². The first-order chi connectivity index (χ1) is 8.92. The van der Waals surface area contributed by atoms with E-state index in [1.807, 2.05) is 0 Å². The standard InChI is InChI=1S/C14H27F3N2/c1-3-10-19(11-13-7-5-9-18-13)12(2)6-4-8-14(15,16)17/h12-13,18H,3-11H2,1-2H3. The quantitative estimate of drug-likeness (QED) is 0.731. The summed E-state index contributed by atoms with van der Waals surface area (Å²) in [5.74, 6) is 0. The SMILES string of the molecule is CCCN(CC1CCCN1)C(C)CCCC(F)(F)F. The van der Waals surface area contributed by atoms with Crippen LogP contribution in [0.15, 0.2) is 0 Å². The highest BCUT2D eigenvalue weighted by atomic mass is 19.4. The van der Waals surface area contributed by atoms with E-state index in [9.17, 15) is 13.2 Å². The Morgan fingerprint density at radius 3 is 2.63 bits per heavy atom. The van der Waals surface area contributed by atoms with Gasteiger partial charge in [-0.25, -0.2) is 0 Å². The summed E-state index contributed by atoms with van der Waals surface area (Å²) in [6.07, 6.45) is -0.338. The second kappa shape index (κ2) is 8.10. The number of alkyl halides is 3. The summed E-state index contributed by atoms with van der Waals surface area (Å²) in [4.78, 5) is 2.35. The molecule has 5 heteroatoms. The number of nitrogens with one attached hydrogen (secondary N) is 1. The minimum Gasteiger partial charge on any atom is -0.313 e. The third kappa shape index (κ3) is 7.16. The van der Waals surface area contributed by atoms with Crippen LogP contribution in [-0.4, -0.2) is 42.8 Å². The van der Waals surface area contributed by atoms with Crippen molar-refractivity contribution in [3.8, 4) is 0 Å². The monoisotopic (exact) mass is 280 g/mol. The number of hydrogen-bond donors (Lipinski definition) is 1. The molecule has 1 fully saturated rings. The Hall–Kier alpha value is -0.290. The predicted octanol–water partition coefficient (Wildman–Crippen LogP) is 3.57. The molecule has 0 amide bonds. The van der Waals surface area contributed by atoms with Gasteiger partial charge >= 0.3 is 6.18 Å². The van der Waals surface area contributed by atoms with Gasteiger partial charge in [0.2, 0.25) is 0 Å². The number of hydrogen-bond acceptors (Lipinski definition) is 2. The van der Waals surface area contributed by atoms with Crippen molar-refractivity contribution in [1.82, 2.24) is 10.2 Å². The minimum atomic E-state index is -4.01. The highest BCUT2D eigenvalue weighted by molar-refractivity contribution is 4.80. The van der Waals surface area contributed by atoms with Gasteiger partial charge in [-0.2, -0.15) is 13.2 Å². The molecule has 0 saturated carbocycles. The van der Waals surface area contributed by atoms with Gasteiger partial charge in [0.05, 0.1) is 0 Å². The van der Waals surface area contributed by atoms with E-state index in [1.165, 1.54) is 12.8 Å². The molecule has 114 valence electrons. The molecule has 1 aliphatic rings. The fourth-order valence-electron chi connectivity index (χ4n) is 2.75. The van der Waals surface area contributed by atoms with Crippen LogP contribution < -0.4 is 5.32 Å². The van der Waals surface area contributed by atoms with Gasteiger partial charge in [-0.15, -0.1) is 0 Å². The van der Waals surface area contributed by atoms with Crippen LogP contribution in [0.4, 0.5) is 13.2 Å². The zero-order valence-electron chi connectivity index (χ0n) is 12.1. The van der Waals surface area contributed by atoms with Gasteiger partial charge in [0.25, 0.3) is 0 Å². The highest BCUT2D eigenvalue weighted by Gasteiger charge is 2.27. The van der Waals surface area contributed by atoms with Crippen LogP contribution >= 0.6 is 0 Å². The largest absolute Gasteiger partial charge is 0.389 e. The van der Waals surface area contributed by atoms with Crippen LogP contribution in [0.2, 0.25) is 0 Å². The molecule has 2 unspecified atom stereocenters. The summed E-state index contributed by atoms with van der Waals surface area (Å²) in [7, 11) is 0. The maximum atomic E-state index is 12.2. The summed E-state index contributed by atoms with van der Waals surface area (Å²) in [6.45, 7) is 7.21. The van der Waals surface area contributed by atoms with E-state index in [0.29, 0.717) is 12.5 Å². The average Bonchev–Trinajstić information content (AvgIpc) is 2.79. The van der Waals surface area contributed by atoms with E-state index >= 15 is 0 Å². The van der Waals surface area contributed by atoms with Crippen LogP contribution in [0.3, 0.4) is 0 Å². The van der Waals surface area contributed by atoms with Gasteiger partial charge in [-0.1, -0.05) is 6.92 Å². The van der Waals surface area contributed by atoms with E-state index in [2.05, 4.69) is 24.1 Å². The Bertz CT molecular complexity index is 237. The fraction of sp³-hybridized carbons (Fsp3) is 1.00. The lowest BCUT2D eigenvalue weighted by Gasteiger charge is -2.31. The third-order valence-electron chi connectivity index (χ3n) is 3.83. The smallest absolute Gasteiger partial charge is 0.313 e. The van der Waals surface area contributed by atoms with E-state index < -0.39 is 12.6 Å². The second-order valence-electron chi connectivity index (χ2n) is 5.64. The van der Waals surface area contributed by atoms with Crippen LogP contribution in [0.25, 0.3) is 0 Å². The highest BCUT2D eigenvalue weighted by Crippen LogP contribution is 2.23. The maximum Gasteiger partial charge on any atom is 0.389 e. The van der Waals surface area contributed by atoms with Crippen LogP contribution in [-0.2, 0) is 0 Å². The zero-order valence-corrected chi connectivity index (χ0v) is 12.1. The first-order valence-electron chi connectivity index (χ1n) is 7.46. The average molecular weight is 280 g/mol. The molecule has 0 aliphatic carbocycles. The van der Waals surface area contributed by atoms with Gasteiger partial charge < -0.3 is 5.32 Å². The molecule has 19 heavy (non-hydrogen) atoms. The minimum absolute atomic E-state index is 0.239. The maximum absolute atomic E-state index is 12.2. The van der Waals surface area contributed by atoms with E-state index in [-0.39, 0.29) is 12.5 Å². The van der Waals surface area contributed by atoms with Crippen molar-refractivity contribution in [2.24, 2.45) is 0 Å². The molecule has 0 spiro atoms. The van der Waals surface area contributed by atoms with Crippen molar-refractivity contribution in [3.63, 3.8) is 0 Å². The van der Waals surface area contributed by atoms with Gasteiger partial charge in [-0.05, 0) is 52.1 Å². The predicted molar refractivity (Wildman–Crippen MR) is 72.3 cm³/mol. The summed E-state index contributed by atoms with van der Waals surface area (Å²) < 4.78 is 36.5. The van der Waals surface area contributed by atoms with Gasteiger partial charge in [-0.3, -0.25) is 4.90 Å². The van der Waals surface area contributed by atoms with E-state index in [1.54, 1.807) is 0 Å². The van der Waals surface area contributed by atoms with E-state index in [4.69, 9.17) is 0 Å². The molecule has 1 heterocycles. The second-order valence-corrected chi connectivity index (χ2v) is 5.64. The van der Waals surface area contributed by atoms with Gasteiger partial charge in [0.1, 0.15) is 0 Å². The Labute approximate surface area is 114 Å². The summed E-state index contributed by atoms with van der Waals surface area (Å²) in [5, 5.41) is 3.46. The first-order valence-corrected chi connectivity index (χ1v) is 7.46. The number of nitrogens with zero attached hydrogens (tertiary/aromatic N) is 1. The fourth-order valence-corrected chi connectivity index (χ4v) is 2.75. The molecular weight excluding hydrogens is 253 g/mol. The first kappa shape index (κ1) is 16.8. The van der Waals surface area contributed by atoms with Crippen molar-refractivity contribution in [2.45, 2.75) is 70.6 Å². The summed E-state index contributed by atoms with van der Waals surface area (Å²) >= 11 is 0. The molecule has 0 aromatic carbocycles. The molecule has 0 aromatic heterocycles. The lowest BCUT2D eigenvalue weighted by molar-refractivity contribution is -0.136. The van der Waals surface area contributed by atoms with Crippen molar-refractivity contribution >= 4 is 0 Å². The van der Waals surface area contributed by atoms with Gasteiger partial charge in [0.15, 0.2) is 0 Å². The lowest BCUT2D eigenvalue weighted by Crippen LogP contribution is -2.42. The molecule has 1 aliphatic heterocycles. The van der Waals surface area contributed by atoms with Crippen LogP contribution in [0.1, 0.15) is 52.4 Å². The molecule has 2 nitrogen and oxygen atoms in total. The number of rotatable bonds is 8. The molecular formula is C14H27F3N2. The van der Waals surface area contributed by atoms with Crippen LogP contribution in [0, 0.1) is 0 Å². The Morgan fingerprint density at radius 1 is 1.37 bits per heavy atom. The summed E-state index contributed by atoms with van der Waals surface area (Å²) in [6, 6.07) is 0.765. The lowest BCUT2D eigenvalue weighted by atomic mass is 10.1. The molecule has 1 saturated heterocycles. The Balaban J connectivity index is 2.32. The normalized spacial score (nSPS) is 22.1. The van der Waals surface area contributed by atoms with Crippen molar-refractivity contribution in [1.29, 1.82) is 0 Å². The molecule has 1 N–H and O–H groups in total.